The summed E-state index contributed by atoms with van der Waals surface area (Å²) in [6.45, 7) is 6.52. The second-order valence-corrected chi connectivity index (χ2v) is 3.92. The van der Waals surface area contributed by atoms with Crippen LogP contribution in [0.4, 0.5) is 5.82 Å². The molecule has 7 nitrogen and oxygen atoms in total. The van der Waals surface area contributed by atoms with Gasteiger partial charge in [0.1, 0.15) is 11.9 Å². The summed E-state index contributed by atoms with van der Waals surface area (Å²) in [5, 5.41) is 15.9. The molecule has 1 atom stereocenters. The zero-order chi connectivity index (χ0) is 14.3. The first-order valence-electron chi connectivity index (χ1n) is 6.24. The standard InChI is InChI=1S/C12H19N5O2/c1-4-13-11(18)8(3)15-10-7-6-9(16-17-10)12(19)14-5-2/h6-8H,4-5H2,1-3H3,(H,13,18)(H,14,19)(H,15,17). The number of carbonyl (C=O) groups is 2. The predicted molar refractivity (Wildman–Crippen MR) is 71.8 cm³/mol. The van der Waals surface area contributed by atoms with Crippen LogP contribution in [0.25, 0.3) is 0 Å². The number of amides is 2. The molecular weight excluding hydrogens is 246 g/mol. The zero-order valence-corrected chi connectivity index (χ0v) is 11.4. The molecule has 104 valence electrons. The Labute approximate surface area is 112 Å². The van der Waals surface area contributed by atoms with Crippen molar-refractivity contribution in [3.8, 4) is 0 Å². The number of hydrogen-bond donors (Lipinski definition) is 3. The third-order valence-electron chi connectivity index (χ3n) is 2.34. The minimum atomic E-state index is -0.412. The van der Waals surface area contributed by atoms with Crippen molar-refractivity contribution in [1.29, 1.82) is 0 Å². The fourth-order valence-electron chi connectivity index (χ4n) is 1.40. The Balaban J connectivity index is 2.61. The van der Waals surface area contributed by atoms with Gasteiger partial charge in [0, 0.05) is 13.1 Å². The topological polar surface area (TPSA) is 96.0 Å². The number of likely N-dealkylation sites (N-methyl/N-ethyl adjacent to an activating group) is 1. The van der Waals surface area contributed by atoms with Gasteiger partial charge in [0.2, 0.25) is 5.91 Å². The molecule has 0 radical (unpaired) electrons. The number of nitrogens with one attached hydrogen (secondary N) is 3. The molecule has 0 saturated heterocycles. The second-order valence-electron chi connectivity index (χ2n) is 3.92. The van der Waals surface area contributed by atoms with E-state index in [1.807, 2.05) is 13.8 Å². The van der Waals surface area contributed by atoms with Crippen LogP contribution in [-0.2, 0) is 4.79 Å². The van der Waals surface area contributed by atoms with Crippen LogP contribution in [0.2, 0.25) is 0 Å². The molecule has 0 aliphatic heterocycles. The monoisotopic (exact) mass is 265 g/mol. The van der Waals surface area contributed by atoms with Gasteiger partial charge in [-0.25, -0.2) is 0 Å². The van der Waals surface area contributed by atoms with E-state index in [9.17, 15) is 9.59 Å². The quantitative estimate of drug-likeness (QED) is 0.681. The summed E-state index contributed by atoms with van der Waals surface area (Å²) in [4.78, 5) is 23.0. The van der Waals surface area contributed by atoms with Crippen molar-refractivity contribution >= 4 is 17.6 Å². The third kappa shape index (κ3) is 4.53. The fourth-order valence-corrected chi connectivity index (χ4v) is 1.40. The Morgan fingerprint density at radius 2 is 1.84 bits per heavy atom. The number of carbonyl (C=O) groups excluding carboxylic acids is 2. The lowest BCUT2D eigenvalue weighted by Gasteiger charge is -2.13. The molecular formula is C12H19N5O2. The molecule has 7 heteroatoms. The Morgan fingerprint density at radius 3 is 2.37 bits per heavy atom. The van der Waals surface area contributed by atoms with E-state index in [0.717, 1.165) is 0 Å². The highest BCUT2D eigenvalue weighted by Crippen LogP contribution is 2.04. The molecule has 0 saturated carbocycles. The average Bonchev–Trinajstić information content (AvgIpc) is 2.40. The summed E-state index contributed by atoms with van der Waals surface area (Å²) in [5.41, 5.74) is 0.248. The highest BCUT2D eigenvalue weighted by atomic mass is 16.2. The molecule has 2 amide bonds. The number of nitrogens with zero attached hydrogens (tertiary/aromatic N) is 2. The molecule has 1 unspecified atom stereocenters. The Kier molecular flexibility index (Phi) is 5.72. The van der Waals surface area contributed by atoms with Crippen LogP contribution in [0.1, 0.15) is 31.3 Å². The average molecular weight is 265 g/mol. The summed E-state index contributed by atoms with van der Waals surface area (Å²) in [6.07, 6.45) is 0. The minimum absolute atomic E-state index is 0.114. The molecule has 1 aromatic heterocycles. The largest absolute Gasteiger partial charge is 0.357 e. The minimum Gasteiger partial charge on any atom is -0.357 e. The van der Waals surface area contributed by atoms with E-state index >= 15 is 0 Å². The second kappa shape index (κ2) is 7.30. The van der Waals surface area contributed by atoms with Gasteiger partial charge in [0.15, 0.2) is 5.69 Å². The number of rotatable bonds is 6. The summed E-state index contributed by atoms with van der Waals surface area (Å²) in [6, 6.07) is 2.77. The zero-order valence-electron chi connectivity index (χ0n) is 11.4. The van der Waals surface area contributed by atoms with Gasteiger partial charge in [0.05, 0.1) is 0 Å². The van der Waals surface area contributed by atoms with Crippen LogP contribution in [-0.4, -0.2) is 41.1 Å². The summed E-state index contributed by atoms with van der Waals surface area (Å²) in [5.74, 6) is 0.0715. The van der Waals surface area contributed by atoms with Crippen LogP contribution < -0.4 is 16.0 Å². The molecule has 0 spiro atoms. The van der Waals surface area contributed by atoms with Crippen LogP contribution in [0, 0.1) is 0 Å². The first kappa shape index (κ1) is 14.9. The molecule has 1 rings (SSSR count). The maximum Gasteiger partial charge on any atom is 0.271 e. The van der Waals surface area contributed by atoms with Crippen molar-refractivity contribution in [1.82, 2.24) is 20.8 Å². The number of aromatic nitrogens is 2. The van der Waals surface area contributed by atoms with Gasteiger partial charge in [-0.2, -0.15) is 0 Å². The smallest absolute Gasteiger partial charge is 0.271 e. The molecule has 0 bridgehead atoms. The van der Waals surface area contributed by atoms with Crippen molar-refractivity contribution in [2.75, 3.05) is 18.4 Å². The lowest BCUT2D eigenvalue weighted by molar-refractivity contribution is -0.121. The molecule has 0 fully saturated rings. The van der Waals surface area contributed by atoms with Crippen molar-refractivity contribution in [3.63, 3.8) is 0 Å². The van der Waals surface area contributed by atoms with E-state index in [-0.39, 0.29) is 17.5 Å². The highest BCUT2D eigenvalue weighted by molar-refractivity contribution is 5.92. The van der Waals surface area contributed by atoms with Crippen LogP contribution in [0.15, 0.2) is 12.1 Å². The summed E-state index contributed by atoms with van der Waals surface area (Å²) in [7, 11) is 0. The molecule has 19 heavy (non-hydrogen) atoms. The third-order valence-corrected chi connectivity index (χ3v) is 2.34. The first-order valence-corrected chi connectivity index (χ1v) is 6.24. The predicted octanol–water partition coefficient (Wildman–Crippen LogP) is 0.163. The van der Waals surface area contributed by atoms with Crippen molar-refractivity contribution in [2.24, 2.45) is 0 Å². The summed E-state index contributed by atoms with van der Waals surface area (Å²) >= 11 is 0. The SMILES string of the molecule is CCNC(=O)c1ccc(NC(C)C(=O)NCC)nn1. The molecule has 1 heterocycles. The maximum absolute atomic E-state index is 11.5. The fraction of sp³-hybridized carbons (Fsp3) is 0.500. The van der Waals surface area contributed by atoms with E-state index < -0.39 is 6.04 Å². The summed E-state index contributed by atoms with van der Waals surface area (Å²) < 4.78 is 0. The van der Waals surface area contributed by atoms with E-state index in [1.165, 1.54) is 0 Å². The number of hydrogen-bond acceptors (Lipinski definition) is 5. The van der Waals surface area contributed by atoms with Crippen LogP contribution >= 0.6 is 0 Å². The molecule has 1 aromatic rings. The van der Waals surface area contributed by atoms with Gasteiger partial charge >= 0.3 is 0 Å². The molecule has 0 aromatic carbocycles. The van der Waals surface area contributed by atoms with E-state index in [0.29, 0.717) is 18.9 Å². The van der Waals surface area contributed by atoms with E-state index in [2.05, 4.69) is 26.1 Å². The normalized spacial score (nSPS) is 11.5. The van der Waals surface area contributed by atoms with Gasteiger partial charge < -0.3 is 16.0 Å². The first-order chi connectivity index (χ1) is 9.08. The Hall–Kier alpha value is -2.18. The maximum atomic E-state index is 11.5. The van der Waals surface area contributed by atoms with E-state index in [4.69, 9.17) is 0 Å². The van der Waals surface area contributed by atoms with Gasteiger partial charge in [-0.05, 0) is 32.9 Å². The lowest BCUT2D eigenvalue weighted by atomic mass is 10.3. The van der Waals surface area contributed by atoms with Gasteiger partial charge in [0.25, 0.3) is 5.91 Å². The van der Waals surface area contributed by atoms with Crippen molar-refractivity contribution in [3.05, 3.63) is 17.8 Å². The molecule has 3 N–H and O–H groups in total. The molecule has 0 aliphatic rings. The van der Waals surface area contributed by atoms with Crippen molar-refractivity contribution in [2.45, 2.75) is 26.8 Å². The molecule has 0 aliphatic carbocycles. The van der Waals surface area contributed by atoms with E-state index in [1.54, 1.807) is 19.1 Å². The van der Waals surface area contributed by atoms with Gasteiger partial charge in [-0.3, -0.25) is 9.59 Å². The van der Waals surface area contributed by atoms with Gasteiger partial charge in [-0.15, -0.1) is 10.2 Å². The Morgan fingerprint density at radius 1 is 1.16 bits per heavy atom. The highest BCUT2D eigenvalue weighted by Gasteiger charge is 2.13. The van der Waals surface area contributed by atoms with Gasteiger partial charge in [-0.1, -0.05) is 0 Å². The van der Waals surface area contributed by atoms with Crippen molar-refractivity contribution < 1.29 is 9.59 Å². The van der Waals surface area contributed by atoms with Crippen LogP contribution in [0.5, 0.6) is 0 Å². The van der Waals surface area contributed by atoms with Crippen LogP contribution in [0.3, 0.4) is 0 Å². The Bertz CT molecular complexity index is 432. The lowest BCUT2D eigenvalue weighted by Crippen LogP contribution is -2.37. The number of anilines is 1.